The Morgan fingerprint density at radius 2 is 2.22 bits per heavy atom. The lowest BCUT2D eigenvalue weighted by Gasteiger charge is -2.32. The van der Waals surface area contributed by atoms with Crippen molar-refractivity contribution in [3.8, 4) is 5.75 Å². The molecular formula is C14H20N2O2. The van der Waals surface area contributed by atoms with Crippen LogP contribution < -0.4 is 15.0 Å². The molecule has 0 saturated heterocycles. The van der Waals surface area contributed by atoms with Crippen molar-refractivity contribution in [2.45, 2.75) is 26.3 Å². The summed E-state index contributed by atoms with van der Waals surface area (Å²) >= 11 is 0. The number of hydrogen-bond acceptors (Lipinski definition) is 3. The van der Waals surface area contributed by atoms with Gasteiger partial charge in [0.1, 0.15) is 5.75 Å². The molecule has 0 aliphatic carbocycles. The van der Waals surface area contributed by atoms with E-state index >= 15 is 0 Å². The number of rotatable bonds is 4. The van der Waals surface area contributed by atoms with Crippen LogP contribution in [0.15, 0.2) is 18.2 Å². The average Bonchev–Trinajstić information content (AvgIpc) is 2.35. The molecular weight excluding hydrogens is 228 g/mol. The van der Waals surface area contributed by atoms with Gasteiger partial charge in [-0.25, -0.2) is 0 Å². The first kappa shape index (κ1) is 12.9. The Morgan fingerprint density at radius 1 is 1.44 bits per heavy atom. The molecule has 1 heterocycles. The Labute approximate surface area is 108 Å². The Bertz CT molecular complexity index is 443. The third-order valence-corrected chi connectivity index (χ3v) is 3.08. The number of hydrogen-bond donors (Lipinski definition) is 1. The molecule has 0 radical (unpaired) electrons. The van der Waals surface area contributed by atoms with Crippen LogP contribution in [0, 0.1) is 0 Å². The zero-order valence-electron chi connectivity index (χ0n) is 11.2. The fraction of sp³-hybridized carbons (Fsp3) is 0.500. The molecule has 1 amide bonds. The zero-order chi connectivity index (χ0) is 13.1. The molecule has 1 aromatic rings. The van der Waals surface area contributed by atoms with Crippen molar-refractivity contribution in [1.82, 2.24) is 5.32 Å². The molecule has 0 aromatic heterocycles. The van der Waals surface area contributed by atoms with E-state index in [2.05, 4.69) is 17.4 Å². The summed E-state index contributed by atoms with van der Waals surface area (Å²) in [6.45, 7) is 5.11. The molecule has 0 saturated carbocycles. The van der Waals surface area contributed by atoms with Gasteiger partial charge in [0.15, 0.2) is 6.61 Å². The Hall–Kier alpha value is -1.55. The summed E-state index contributed by atoms with van der Waals surface area (Å²) in [5, 5.41) is 3.13. The predicted octanol–water partition coefficient (Wildman–Crippen LogP) is 1.58. The molecule has 1 aliphatic heterocycles. The van der Waals surface area contributed by atoms with Crippen LogP contribution in [0.2, 0.25) is 0 Å². The SMILES string of the molecule is CNCCc1ccc2c(c1)N(C(C)C)C(=O)CO2. The van der Waals surface area contributed by atoms with Gasteiger partial charge in [0.25, 0.3) is 5.91 Å². The van der Waals surface area contributed by atoms with Crippen LogP contribution >= 0.6 is 0 Å². The van der Waals surface area contributed by atoms with Crippen LogP contribution in [0.5, 0.6) is 5.75 Å². The molecule has 0 unspecified atom stereocenters. The lowest BCUT2D eigenvalue weighted by atomic mass is 10.1. The molecule has 4 nitrogen and oxygen atoms in total. The predicted molar refractivity (Wildman–Crippen MR) is 72.2 cm³/mol. The normalized spacial score (nSPS) is 14.7. The molecule has 1 aliphatic rings. The first-order chi connectivity index (χ1) is 8.63. The number of nitrogens with one attached hydrogen (secondary N) is 1. The van der Waals surface area contributed by atoms with E-state index in [0.29, 0.717) is 0 Å². The monoisotopic (exact) mass is 248 g/mol. The molecule has 2 rings (SSSR count). The van der Waals surface area contributed by atoms with Gasteiger partial charge in [0, 0.05) is 6.04 Å². The van der Waals surface area contributed by atoms with Crippen molar-refractivity contribution >= 4 is 11.6 Å². The maximum Gasteiger partial charge on any atom is 0.265 e. The Morgan fingerprint density at radius 3 is 2.89 bits per heavy atom. The number of anilines is 1. The maximum atomic E-state index is 11.9. The second-order valence-corrected chi connectivity index (χ2v) is 4.80. The summed E-state index contributed by atoms with van der Waals surface area (Å²) in [7, 11) is 1.94. The van der Waals surface area contributed by atoms with Crippen molar-refractivity contribution < 1.29 is 9.53 Å². The third-order valence-electron chi connectivity index (χ3n) is 3.08. The highest BCUT2D eigenvalue weighted by molar-refractivity contribution is 5.98. The van der Waals surface area contributed by atoms with Gasteiger partial charge in [-0.05, 0) is 51.6 Å². The number of benzene rings is 1. The summed E-state index contributed by atoms with van der Waals surface area (Å²) in [6, 6.07) is 6.23. The highest BCUT2D eigenvalue weighted by Crippen LogP contribution is 2.34. The molecule has 1 N–H and O–H groups in total. The maximum absolute atomic E-state index is 11.9. The molecule has 18 heavy (non-hydrogen) atoms. The lowest BCUT2D eigenvalue weighted by molar-refractivity contribution is -0.121. The topological polar surface area (TPSA) is 41.6 Å². The summed E-state index contributed by atoms with van der Waals surface area (Å²) in [6.07, 6.45) is 0.948. The van der Waals surface area contributed by atoms with Gasteiger partial charge in [0.05, 0.1) is 5.69 Å². The summed E-state index contributed by atoms with van der Waals surface area (Å²) in [5.41, 5.74) is 2.11. The first-order valence-electron chi connectivity index (χ1n) is 6.36. The van der Waals surface area contributed by atoms with Gasteiger partial charge in [-0.1, -0.05) is 6.07 Å². The van der Waals surface area contributed by atoms with E-state index in [4.69, 9.17) is 4.74 Å². The minimum Gasteiger partial charge on any atom is -0.482 e. The number of fused-ring (bicyclic) bond motifs is 1. The van der Waals surface area contributed by atoms with Crippen LogP contribution in [0.4, 0.5) is 5.69 Å². The van der Waals surface area contributed by atoms with Gasteiger partial charge in [-0.15, -0.1) is 0 Å². The molecule has 0 fully saturated rings. The van der Waals surface area contributed by atoms with E-state index in [0.717, 1.165) is 24.4 Å². The highest BCUT2D eigenvalue weighted by Gasteiger charge is 2.27. The van der Waals surface area contributed by atoms with Crippen molar-refractivity contribution in [1.29, 1.82) is 0 Å². The van der Waals surface area contributed by atoms with Gasteiger partial charge >= 0.3 is 0 Å². The fourth-order valence-electron chi connectivity index (χ4n) is 2.21. The van der Waals surface area contributed by atoms with Crippen molar-refractivity contribution in [3.63, 3.8) is 0 Å². The second-order valence-electron chi connectivity index (χ2n) is 4.80. The highest BCUT2D eigenvalue weighted by atomic mass is 16.5. The van der Waals surface area contributed by atoms with Crippen LogP contribution in [0.1, 0.15) is 19.4 Å². The standard InChI is InChI=1S/C14H20N2O2/c1-10(2)16-12-8-11(6-7-15-3)4-5-13(12)18-9-14(16)17/h4-5,8,10,15H,6-7,9H2,1-3H3. The fourth-order valence-corrected chi connectivity index (χ4v) is 2.21. The first-order valence-corrected chi connectivity index (χ1v) is 6.36. The Balaban J connectivity index is 2.32. The summed E-state index contributed by atoms with van der Waals surface area (Å²) in [4.78, 5) is 13.7. The van der Waals surface area contributed by atoms with Gasteiger partial charge in [-0.3, -0.25) is 4.79 Å². The van der Waals surface area contributed by atoms with Crippen LogP contribution in [0.25, 0.3) is 0 Å². The quantitative estimate of drug-likeness (QED) is 0.879. The number of nitrogens with zero attached hydrogens (tertiary/aromatic N) is 1. The van der Waals surface area contributed by atoms with Gasteiger partial charge in [0.2, 0.25) is 0 Å². The molecule has 0 spiro atoms. The lowest BCUT2D eigenvalue weighted by Crippen LogP contribution is -2.43. The van der Waals surface area contributed by atoms with E-state index in [1.54, 1.807) is 0 Å². The number of likely N-dealkylation sites (N-methyl/N-ethyl adjacent to an activating group) is 1. The molecule has 98 valence electrons. The molecule has 0 bridgehead atoms. The number of carbonyl (C=O) groups is 1. The van der Waals surface area contributed by atoms with E-state index in [1.165, 1.54) is 5.56 Å². The van der Waals surface area contributed by atoms with Gasteiger partial charge in [-0.2, -0.15) is 0 Å². The minimum atomic E-state index is 0.0308. The van der Waals surface area contributed by atoms with E-state index < -0.39 is 0 Å². The number of carbonyl (C=O) groups excluding carboxylic acids is 1. The van der Waals surface area contributed by atoms with E-state index in [-0.39, 0.29) is 18.6 Å². The van der Waals surface area contributed by atoms with E-state index in [9.17, 15) is 4.79 Å². The largest absolute Gasteiger partial charge is 0.482 e. The van der Waals surface area contributed by atoms with Crippen molar-refractivity contribution in [2.75, 3.05) is 25.1 Å². The second kappa shape index (κ2) is 5.40. The summed E-state index contributed by atoms with van der Waals surface area (Å²) < 4.78 is 5.47. The number of amides is 1. The summed E-state index contributed by atoms with van der Waals surface area (Å²) in [5.74, 6) is 0.833. The van der Waals surface area contributed by atoms with Crippen LogP contribution in [0.3, 0.4) is 0 Å². The molecule has 4 heteroatoms. The minimum absolute atomic E-state index is 0.0308. The molecule has 1 aromatic carbocycles. The third kappa shape index (κ3) is 2.48. The van der Waals surface area contributed by atoms with Crippen molar-refractivity contribution in [3.05, 3.63) is 23.8 Å². The van der Waals surface area contributed by atoms with Crippen LogP contribution in [-0.2, 0) is 11.2 Å². The average molecular weight is 248 g/mol. The number of ether oxygens (including phenoxy) is 1. The van der Waals surface area contributed by atoms with Gasteiger partial charge < -0.3 is 15.0 Å². The molecule has 0 atom stereocenters. The zero-order valence-corrected chi connectivity index (χ0v) is 11.2. The Kier molecular flexibility index (Phi) is 3.87. The van der Waals surface area contributed by atoms with E-state index in [1.807, 2.05) is 31.9 Å². The van der Waals surface area contributed by atoms with Crippen LogP contribution in [-0.4, -0.2) is 32.1 Å². The van der Waals surface area contributed by atoms with Crippen molar-refractivity contribution in [2.24, 2.45) is 0 Å². The smallest absolute Gasteiger partial charge is 0.265 e.